The molecule has 1 heterocycles. The normalized spacial score (nSPS) is 18.5. The van der Waals surface area contributed by atoms with Gasteiger partial charge in [-0.1, -0.05) is 18.2 Å². The number of benzene rings is 2. The first kappa shape index (κ1) is 20.6. The third kappa shape index (κ3) is 4.45. The molecule has 2 aromatic carbocycles. The zero-order valence-electron chi connectivity index (χ0n) is 16.6. The lowest BCUT2D eigenvalue weighted by molar-refractivity contribution is -0.143. The first-order valence-electron chi connectivity index (χ1n) is 9.40. The van der Waals surface area contributed by atoms with E-state index in [-0.39, 0.29) is 12.0 Å². The summed E-state index contributed by atoms with van der Waals surface area (Å²) in [5, 5.41) is 9.53. The van der Waals surface area contributed by atoms with Crippen LogP contribution >= 0.6 is 11.8 Å². The molecule has 1 aliphatic rings. The van der Waals surface area contributed by atoms with E-state index in [1.54, 1.807) is 26.0 Å². The minimum Gasteiger partial charge on any atom is -0.493 e. The maximum Gasteiger partial charge on any atom is 0.307 e. The van der Waals surface area contributed by atoms with Crippen molar-refractivity contribution in [1.29, 1.82) is 0 Å². The number of ether oxygens (including phenoxy) is 2. The minimum atomic E-state index is -0.714. The number of nitrogens with zero attached hydrogens (tertiary/aromatic N) is 1. The second kappa shape index (κ2) is 9.34. The average Bonchev–Trinajstić information content (AvgIpc) is 2.74. The topological polar surface area (TPSA) is 59.0 Å². The van der Waals surface area contributed by atoms with E-state index in [1.807, 2.05) is 18.2 Å². The van der Waals surface area contributed by atoms with Crippen molar-refractivity contribution in [2.24, 2.45) is 5.92 Å². The van der Waals surface area contributed by atoms with Crippen molar-refractivity contribution in [3.8, 4) is 11.5 Å². The molecular weight excluding hydrogens is 374 g/mol. The molecule has 0 radical (unpaired) electrons. The Morgan fingerprint density at radius 1 is 1.11 bits per heavy atom. The molecular formula is C22H27NO4S. The number of thioether (sulfide) groups is 1. The predicted molar refractivity (Wildman–Crippen MR) is 112 cm³/mol. The molecule has 150 valence electrons. The molecule has 0 spiro atoms. The number of aliphatic carboxylic acids is 1. The summed E-state index contributed by atoms with van der Waals surface area (Å²) in [5.41, 5.74) is 2.22. The van der Waals surface area contributed by atoms with Gasteiger partial charge in [0.2, 0.25) is 0 Å². The maximum atomic E-state index is 11.6. The van der Waals surface area contributed by atoms with Crippen molar-refractivity contribution in [1.82, 2.24) is 4.90 Å². The second-order valence-corrected chi connectivity index (χ2v) is 7.84. The van der Waals surface area contributed by atoms with E-state index in [0.717, 1.165) is 30.5 Å². The number of carbonyl (C=O) groups is 1. The summed E-state index contributed by atoms with van der Waals surface area (Å²) in [5.74, 6) is 0.317. The molecule has 2 aromatic rings. The van der Waals surface area contributed by atoms with Crippen LogP contribution in [0.1, 0.15) is 30.0 Å². The van der Waals surface area contributed by atoms with Crippen LogP contribution in [0.25, 0.3) is 0 Å². The van der Waals surface area contributed by atoms with Gasteiger partial charge in [-0.05, 0) is 61.0 Å². The first-order chi connectivity index (χ1) is 13.6. The molecule has 0 saturated carbocycles. The van der Waals surface area contributed by atoms with Crippen LogP contribution in [0.15, 0.2) is 47.4 Å². The molecule has 6 heteroatoms. The zero-order valence-corrected chi connectivity index (χ0v) is 17.4. The molecule has 1 N–H and O–H groups in total. The Balaban J connectivity index is 2.02. The highest BCUT2D eigenvalue weighted by Gasteiger charge is 2.31. The van der Waals surface area contributed by atoms with Gasteiger partial charge in [0.15, 0.2) is 11.5 Å². The Labute approximate surface area is 170 Å². The summed E-state index contributed by atoms with van der Waals surface area (Å²) < 4.78 is 10.9. The Hall–Kier alpha value is -2.18. The third-order valence-corrected chi connectivity index (χ3v) is 6.07. The van der Waals surface area contributed by atoms with Crippen LogP contribution in [0, 0.1) is 5.92 Å². The maximum absolute atomic E-state index is 11.6. The molecule has 1 saturated heterocycles. The Morgan fingerprint density at radius 2 is 1.79 bits per heavy atom. The first-order valence-corrected chi connectivity index (χ1v) is 10.6. The van der Waals surface area contributed by atoms with Gasteiger partial charge in [-0.25, -0.2) is 0 Å². The second-order valence-electron chi connectivity index (χ2n) is 6.96. The Kier molecular flexibility index (Phi) is 6.86. The van der Waals surface area contributed by atoms with Crippen LogP contribution in [0.3, 0.4) is 0 Å². The van der Waals surface area contributed by atoms with Gasteiger partial charge in [0.25, 0.3) is 0 Å². The standard InChI is InChI=1S/C22H27NO4S/c1-26-19-11-8-16(13-20(19)27-2)21(15-6-9-18(28-3)10-7-15)23-12-4-5-17(14-23)22(24)25/h6-11,13,17,21H,4-5,12,14H2,1-3H3,(H,24,25). The molecule has 5 nitrogen and oxygen atoms in total. The molecule has 2 atom stereocenters. The van der Waals surface area contributed by atoms with Gasteiger partial charge in [-0.3, -0.25) is 9.69 Å². The molecule has 28 heavy (non-hydrogen) atoms. The Morgan fingerprint density at radius 3 is 2.39 bits per heavy atom. The molecule has 0 aromatic heterocycles. The Bertz CT molecular complexity index is 809. The minimum absolute atomic E-state index is 0.0298. The monoisotopic (exact) mass is 401 g/mol. The van der Waals surface area contributed by atoms with Crippen molar-refractivity contribution in [2.75, 3.05) is 33.6 Å². The van der Waals surface area contributed by atoms with Crippen molar-refractivity contribution in [3.63, 3.8) is 0 Å². The van der Waals surface area contributed by atoms with Crippen molar-refractivity contribution >= 4 is 17.7 Å². The van der Waals surface area contributed by atoms with Crippen LogP contribution in [0.2, 0.25) is 0 Å². The molecule has 1 aliphatic heterocycles. The van der Waals surface area contributed by atoms with E-state index in [2.05, 4.69) is 35.4 Å². The third-order valence-electron chi connectivity index (χ3n) is 5.32. The number of piperidine rings is 1. The van der Waals surface area contributed by atoms with Crippen molar-refractivity contribution in [2.45, 2.75) is 23.8 Å². The van der Waals surface area contributed by atoms with Gasteiger partial charge in [0.1, 0.15) is 0 Å². The summed E-state index contributed by atoms with van der Waals surface area (Å²) in [4.78, 5) is 15.1. The van der Waals surface area contributed by atoms with Gasteiger partial charge < -0.3 is 14.6 Å². The lowest BCUT2D eigenvalue weighted by atomic mass is 9.91. The molecule has 0 bridgehead atoms. The number of carboxylic acid groups (broad SMARTS) is 1. The van der Waals surface area contributed by atoms with E-state index >= 15 is 0 Å². The van der Waals surface area contributed by atoms with Gasteiger partial charge in [0, 0.05) is 11.4 Å². The van der Waals surface area contributed by atoms with Crippen molar-refractivity contribution in [3.05, 3.63) is 53.6 Å². The molecule has 2 unspecified atom stereocenters. The van der Waals surface area contributed by atoms with E-state index in [4.69, 9.17) is 9.47 Å². The summed E-state index contributed by atoms with van der Waals surface area (Å²) >= 11 is 1.71. The molecule has 1 fully saturated rings. The highest BCUT2D eigenvalue weighted by atomic mass is 32.2. The lowest BCUT2D eigenvalue weighted by Gasteiger charge is -2.37. The number of methoxy groups -OCH3 is 2. The average molecular weight is 402 g/mol. The van der Waals surface area contributed by atoms with Crippen molar-refractivity contribution < 1.29 is 19.4 Å². The summed E-state index contributed by atoms with van der Waals surface area (Å²) in [6.45, 7) is 1.41. The SMILES string of the molecule is COc1ccc(C(c2ccc(SC)cc2)N2CCCC(C(=O)O)C2)cc1OC. The predicted octanol–water partition coefficient (Wildman–Crippen LogP) is 4.31. The van der Waals surface area contributed by atoms with Gasteiger partial charge >= 0.3 is 5.97 Å². The van der Waals surface area contributed by atoms with Crippen LogP contribution < -0.4 is 9.47 Å². The summed E-state index contributed by atoms with van der Waals surface area (Å²) in [7, 11) is 3.25. The fraction of sp³-hybridized carbons (Fsp3) is 0.409. The van der Waals surface area contributed by atoms with Crippen LogP contribution in [-0.2, 0) is 4.79 Å². The largest absolute Gasteiger partial charge is 0.493 e. The molecule has 3 rings (SSSR count). The van der Waals surface area contributed by atoms with E-state index in [0.29, 0.717) is 18.0 Å². The molecule has 0 aliphatic carbocycles. The lowest BCUT2D eigenvalue weighted by Crippen LogP contribution is -2.41. The van der Waals surface area contributed by atoms with E-state index in [9.17, 15) is 9.90 Å². The summed E-state index contributed by atoms with van der Waals surface area (Å²) in [6.07, 6.45) is 3.67. The van der Waals surface area contributed by atoms with Gasteiger partial charge in [-0.2, -0.15) is 0 Å². The van der Waals surface area contributed by atoms with Gasteiger partial charge in [0.05, 0.1) is 26.2 Å². The quantitative estimate of drug-likeness (QED) is 0.698. The fourth-order valence-corrected chi connectivity index (χ4v) is 4.27. The zero-order chi connectivity index (χ0) is 20.1. The number of carboxylic acids is 1. The van der Waals surface area contributed by atoms with E-state index in [1.165, 1.54) is 4.90 Å². The van der Waals surface area contributed by atoms with Gasteiger partial charge in [-0.15, -0.1) is 11.8 Å². The highest BCUT2D eigenvalue weighted by Crippen LogP contribution is 2.37. The highest BCUT2D eigenvalue weighted by molar-refractivity contribution is 7.98. The van der Waals surface area contributed by atoms with Crippen LogP contribution in [-0.4, -0.2) is 49.5 Å². The number of hydrogen-bond donors (Lipinski definition) is 1. The summed E-state index contributed by atoms with van der Waals surface area (Å²) in [6, 6.07) is 14.4. The fourth-order valence-electron chi connectivity index (χ4n) is 3.87. The van der Waals surface area contributed by atoms with Crippen LogP contribution in [0.4, 0.5) is 0 Å². The number of hydrogen-bond acceptors (Lipinski definition) is 5. The van der Waals surface area contributed by atoms with E-state index < -0.39 is 5.97 Å². The van der Waals surface area contributed by atoms with Crippen LogP contribution in [0.5, 0.6) is 11.5 Å². The smallest absolute Gasteiger partial charge is 0.307 e. The molecule has 0 amide bonds. The number of likely N-dealkylation sites (tertiary alicyclic amines) is 1. The number of rotatable bonds is 7.